The van der Waals surface area contributed by atoms with Crippen molar-refractivity contribution in [2.24, 2.45) is 0 Å². The third kappa shape index (κ3) is 4.32. The van der Waals surface area contributed by atoms with Crippen LogP contribution in [0.3, 0.4) is 0 Å². The molecular weight excluding hydrogens is 476 g/mol. The van der Waals surface area contributed by atoms with E-state index in [9.17, 15) is 9.59 Å². The van der Waals surface area contributed by atoms with Gasteiger partial charge in [-0.2, -0.15) is 5.10 Å². The van der Waals surface area contributed by atoms with Gasteiger partial charge < -0.3 is 10.2 Å². The number of aromatic nitrogens is 2. The Morgan fingerprint density at radius 3 is 2.68 bits per heavy atom. The Morgan fingerprint density at radius 2 is 2.03 bits per heavy atom. The number of benzene rings is 1. The summed E-state index contributed by atoms with van der Waals surface area (Å²) in [5.74, 6) is -0.393. The summed E-state index contributed by atoms with van der Waals surface area (Å²) >= 11 is 5.07. The quantitative estimate of drug-likeness (QED) is 0.564. The molecule has 2 aromatic heterocycles. The maximum Gasteiger partial charge on any atom is 0.273 e. The number of amides is 2. The normalized spacial score (nSPS) is 18.7. The van der Waals surface area contributed by atoms with Crippen LogP contribution in [0.2, 0.25) is 0 Å². The van der Waals surface area contributed by atoms with Gasteiger partial charge >= 0.3 is 0 Å². The van der Waals surface area contributed by atoms with Crippen LogP contribution >= 0.6 is 27.3 Å². The van der Waals surface area contributed by atoms with Gasteiger partial charge in [0, 0.05) is 16.6 Å². The van der Waals surface area contributed by atoms with Crippen molar-refractivity contribution in [1.82, 2.24) is 20.0 Å². The molecule has 0 saturated carbocycles. The van der Waals surface area contributed by atoms with E-state index in [1.54, 1.807) is 20.9 Å². The van der Waals surface area contributed by atoms with Crippen molar-refractivity contribution in [3.63, 3.8) is 0 Å². The lowest BCUT2D eigenvalue weighted by atomic mass is 9.92. The summed E-state index contributed by atoms with van der Waals surface area (Å²) in [4.78, 5) is 29.8. The molecule has 1 aliphatic rings. The fourth-order valence-corrected chi connectivity index (χ4v) is 4.86. The molecule has 3 heterocycles. The summed E-state index contributed by atoms with van der Waals surface area (Å²) in [7, 11) is 0. The highest BCUT2D eigenvalue weighted by molar-refractivity contribution is 9.10. The van der Waals surface area contributed by atoms with Crippen molar-refractivity contribution < 1.29 is 9.59 Å². The zero-order valence-electron chi connectivity index (χ0n) is 18.0. The second-order valence-electron chi connectivity index (χ2n) is 9.05. The van der Waals surface area contributed by atoms with Crippen molar-refractivity contribution >= 4 is 39.1 Å². The maximum absolute atomic E-state index is 13.7. The van der Waals surface area contributed by atoms with Crippen molar-refractivity contribution in [3.8, 4) is 10.6 Å². The van der Waals surface area contributed by atoms with Gasteiger partial charge in [0.15, 0.2) is 0 Å². The summed E-state index contributed by atoms with van der Waals surface area (Å²) in [6.45, 7) is 8.24. The van der Waals surface area contributed by atoms with Crippen LogP contribution in [0.5, 0.6) is 0 Å². The second-order valence-corrected chi connectivity index (χ2v) is 10.9. The molecule has 0 aliphatic carbocycles. The molecule has 1 aromatic carbocycles. The molecular formula is C23H25BrN4O2S. The first-order valence-electron chi connectivity index (χ1n) is 10.1. The van der Waals surface area contributed by atoms with Crippen LogP contribution in [0, 0.1) is 0 Å². The van der Waals surface area contributed by atoms with Gasteiger partial charge in [-0.15, -0.1) is 11.3 Å². The Bertz CT molecular complexity index is 1130. The van der Waals surface area contributed by atoms with Gasteiger partial charge in [0.1, 0.15) is 16.9 Å². The van der Waals surface area contributed by atoms with E-state index in [-0.39, 0.29) is 18.4 Å². The number of thiophene rings is 1. The molecule has 0 unspecified atom stereocenters. The van der Waals surface area contributed by atoms with E-state index < -0.39 is 11.1 Å². The maximum atomic E-state index is 13.7. The Kier molecular flexibility index (Phi) is 5.55. The van der Waals surface area contributed by atoms with Gasteiger partial charge in [0.05, 0.1) is 11.4 Å². The number of carbonyl (C=O) groups is 2. The van der Waals surface area contributed by atoms with Crippen molar-refractivity contribution in [3.05, 3.63) is 63.6 Å². The first kappa shape index (κ1) is 21.8. The van der Waals surface area contributed by atoms with E-state index in [0.29, 0.717) is 12.2 Å². The van der Waals surface area contributed by atoms with Crippen LogP contribution in [0.1, 0.15) is 43.7 Å². The molecule has 1 aliphatic heterocycles. The summed E-state index contributed by atoms with van der Waals surface area (Å²) in [6.07, 6.45) is 0. The number of halogens is 1. The number of carbonyl (C=O) groups excluding carboxylic acids is 2. The number of hydrogen-bond acceptors (Lipinski definition) is 4. The van der Waals surface area contributed by atoms with Crippen LogP contribution in [0.25, 0.3) is 10.6 Å². The van der Waals surface area contributed by atoms with E-state index in [2.05, 4.69) is 26.3 Å². The van der Waals surface area contributed by atoms with Gasteiger partial charge in [0.2, 0.25) is 5.91 Å². The largest absolute Gasteiger partial charge is 0.349 e. The molecule has 0 bridgehead atoms. The average Bonchev–Trinajstić information content (AvgIpc) is 3.33. The molecule has 8 heteroatoms. The van der Waals surface area contributed by atoms with Crippen LogP contribution in [0.15, 0.2) is 52.3 Å². The zero-order chi connectivity index (χ0) is 22.4. The first-order valence-corrected chi connectivity index (χ1v) is 11.7. The molecule has 0 spiro atoms. The lowest BCUT2D eigenvalue weighted by Crippen LogP contribution is -2.65. The van der Waals surface area contributed by atoms with Crippen molar-refractivity contribution in [2.75, 3.05) is 0 Å². The topological polar surface area (TPSA) is 67.2 Å². The lowest BCUT2D eigenvalue weighted by Gasteiger charge is -2.44. The Morgan fingerprint density at radius 1 is 1.26 bits per heavy atom. The first-order chi connectivity index (χ1) is 14.6. The third-order valence-corrected chi connectivity index (χ3v) is 6.66. The van der Waals surface area contributed by atoms with E-state index >= 15 is 0 Å². The average molecular weight is 501 g/mol. The fourth-order valence-electron chi connectivity index (χ4n) is 3.73. The van der Waals surface area contributed by atoms with Gasteiger partial charge in [-0.25, -0.2) is 0 Å². The molecule has 2 amide bonds. The highest BCUT2D eigenvalue weighted by Gasteiger charge is 2.48. The van der Waals surface area contributed by atoms with Crippen LogP contribution in [-0.2, 0) is 17.9 Å². The van der Waals surface area contributed by atoms with E-state index in [0.717, 1.165) is 20.6 Å². The van der Waals surface area contributed by atoms with Gasteiger partial charge in [-0.05, 0) is 62.9 Å². The standard InChI is InChI=1S/C23H25BrN4O2S/c1-22(2,3)25-21(30)23(4)14-28-18(12-17(26-28)19-9-6-10-31-19)20(29)27(23)13-15-7-5-8-16(24)11-15/h5-12H,13-14H2,1-4H3,(H,25,30)/t23-/m0/s1. The molecule has 162 valence electrons. The second kappa shape index (κ2) is 7.91. The Balaban J connectivity index is 1.77. The zero-order valence-corrected chi connectivity index (χ0v) is 20.4. The minimum atomic E-state index is -1.08. The van der Waals surface area contributed by atoms with Crippen LogP contribution in [-0.4, -0.2) is 37.6 Å². The summed E-state index contributed by atoms with van der Waals surface area (Å²) < 4.78 is 2.61. The number of nitrogens with one attached hydrogen (secondary N) is 1. The van der Waals surface area contributed by atoms with Crippen molar-refractivity contribution in [1.29, 1.82) is 0 Å². The SMILES string of the molecule is CC(C)(C)NC(=O)[C@]1(C)Cn2nc(-c3cccs3)cc2C(=O)N1Cc1cccc(Br)c1. The smallest absolute Gasteiger partial charge is 0.273 e. The number of fused-ring (bicyclic) bond motifs is 1. The van der Waals surface area contributed by atoms with Gasteiger partial charge in [0.25, 0.3) is 5.91 Å². The lowest BCUT2D eigenvalue weighted by molar-refractivity contribution is -0.135. The Labute approximate surface area is 194 Å². The highest BCUT2D eigenvalue weighted by Crippen LogP contribution is 2.33. The molecule has 0 saturated heterocycles. The summed E-state index contributed by atoms with van der Waals surface area (Å²) in [5, 5.41) is 9.71. The molecule has 0 radical (unpaired) electrons. The molecule has 4 rings (SSSR count). The monoisotopic (exact) mass is 500 g/mol. The highest BCUT2D eigenvalue weighted by atomic mass is 79.9. The van der Waals surface area contributed by atoms with E-state index in [1.807, 2.05) is 75.5 Å². The summed E-state index contributed by atoms with van der Waals surface area (Å²) in [6, 6.07) is 13.6. The van der Waals surface area contributed by atoms with Crippen LogP contribution < -0.4 is 5.32 Å². The molecule has 1 N–H and O–H groups in total. The number of hydrogen-bond donors (Lipinski definition) is 1. The summed E-state index contributed by atoms with van der Waals surface area (Å²) in [5.41, 5.74) is 0.694. The number of rotatable bonds is 4. The van der Waals surface area contributed by atoms with E-state index in [1.165, 1.54) is 0 Å². The van der Waals surface area contributed by atoms with E-state index in [4.69, 9.17) is 0 Å². The molecule has 0 fully saturated rings. The number of nitrogens with zero attached hydrogens (tertiary/aromatic N) is 3. The molecule has 6 nitrogen and oxygen atoms in total. The molecule has 1 atom stereocenters. The van der Waals surface area contributed by atoms with Gasteiger partial charge in [-0.3, -0.25) is 14.3 Å². The van der Waals surface area contributed by atoms with Gasteiger partial charge in [-0.1, -0.05) is 34.1 Å². The minimum Gasteiger partial charge on any atom is -0.349 e. The molecule has 31 heavy (non-hydrogen) atoms. The predicted molar refractivity (Wildman–Crippen MR) is 126 cm³/mol. The predicted octanol–water partition coefficient (Wildman–Crippen LogP) is 4.70. The van der Waals surface area contributed by atoms with Crippen molar-refractivity contribution in [2.45, 2.75) is 51.9 Å². The molecule has 3 aromatic rings. The minimum absolute atomic E-state index is 0.192. The third-order valence-electron chi connectivity index (χ3n) is 5.28. The van der Waals surface area contributed by atoms with Crippen LogP contribution in [0.4, 0.5) is 0 Å². The fraction of sp³-hybridized carbons (Fsp3) is 0.348. The Hall–Kier alpha value is -2.45.